The normalized spacial score (nSPS) is 13.5. The van der Waals surface area contributed by atoms with Crippen LogP contribution in [0.5, 0.6) is 5.75 Å². The van der Waals surface area contributed by atoms with E-state index in [-0.39, 0.29) is 12.2 Å². The van der Waals surface area contributed by atoms with Gasteiger partial charge in [-0.15, -0.1) is 0 Å². The van der Waals surface area contributed by atoms with Crippen LogP contribution in [0, 0.1) is 0 Å². The molecule has 1 heterocycles. The van der Waals surface area contributed by atoms with Gasteiger partial charge >= 0.3 is 5.63 Å². The van der Waals surface area contributed by atoms with Crippen LogP contribution in [-0.2, 0) is 12.8 Å². The molecule has 0 unspecified atom stereocenters. The van der Waals surface area contributed by atoms with E-state index in [0.29, 0.717) is 16.4 Å². The molecule has 1 aromatic carbocycles. The summed E-state index contributed by atoms with van der Waals surface area (Å²) in [5.74, 6) is 0.621. The Kier molecular flexibility index (Phi) is 3.07. The number of rotatable bonds is 3. The molecule has 0 radical (unpaired) electrons. The number of aryl methyl sites for hydroxylation is 1. The summed E-state index contributed by atoms with van der Waals surface area (Å²) < 4.78 is 10.8. The first-order valence-electron chi connectivity index (χ1n) is 6.20. The van der Waals surface area contributed by atoms with Crippen molar-refractivity contribution in [3.63, 3.8) is 0 Å². The van der Waals surface area contributed by atoms with Crippen molar-refractivity contribution in [1.82, 2.24) is 0 Å². The van der Waals surface area contributed by atoms with Gasteiger partial charge in [-0.1, -0.05) is 18.2 Å². The minimum Gasteiger partial charge on any atom is -0.488 e. The van der Waals surface area contributed by atoms with Gasteiger partial charge in [0.15, 0.2) is 0 Å². The van der Waals surface area contributed by atoms with Gasteiger partial charge in [-0.3, -0.25) is 0 Å². The van der Waals surface area contributed by atoms with Crippen LogP contribution in [0.2, 0.25) is 0 Å². The molecule has 3 nitrogen and oxygen atoms in total. The highest BCUT2D eigenvalue weighted by Crippen LogP contribution is 2.29. The lowest BCUT2D eigenvalue weighted by atomic mass is 10.1. The van der Waals surface area contributed by atoms with Gasteiger partial charge < -0.3 is 9.15 Å². The maximum Gasteiger partial charge on any atom is 0.339 e. The van der Waals surface area contributed by atoms with Gasteiger partial charge in [0.05, 0.1) is 0 Å². The summed E-state index contributed by atoms with van der Waals surface area (Å²) in [6, 6.07) is 5.53. The maximum absolute atomic E-state index is 11.9. The summed E-state index contributed by atoms with van der Waals surface area (Å²) in [7, 11) is 0. The predicted octanol–water partition coefficient (Wildman–Crippen LogP) is 3.41. The molecule has 0 bridgehead atoms. The van der Waals surface area contributed by atoms with Crippen molar-refractivity contribution in [2.75, 3.05) is 6.61 Å². The second-order valence-corrected chi connectivity index (χ2v) is 5.20. The fourth-order valence-corrected chi connectivity index (χ4v) is 2.57. The van der Waals surface area contributed by atoms with Gasteiger partial charge in [0.25, 0.3) is 0 Å². The Morgan fingerprint density at radius 3 is 2.95 bits per heavy atom. The van der Waals surface area contributed by atoms with Crippen LogP contribution in [-0.4, -0.2) is 6.61 Å². The quantitative estimate of drug-likeness (QED) is 0.807. The SMILES string of the molecule is C=C(Cl)COc1ccc2c3c(c(=O)oc2c1)CCC3. The van der Waals surface area contributed by atoms with Crippen molar-refractivity contribution in [3.8, 4) is 5.75 Å². The van der Waals surface area contributed by atoms with Crippen LogP contribution >= 0.6 is 11.6 Å². The number of ether oxygens (including phenoxy) is 1. The monoisotopic (exact) mass is 276 g/mol. The molecule has 1 aromatic heterocycles. The molecule has 2 aromatic rings. The second-order valence-electron chi connectivity index (χ2n) is 4.66. The van der Waals surface area contributed by atoms with Gasteiger partial charge in [0, 0.05) is 22.0 Å². The lowest BCUT2D eigenvalue weighted by Gasteiger charge is -2.07. The molecule has 0 atom stereocenters. The lowest BCUT2D eigenvalue weighted by molar-refractivity contribution is 0.359. The molecule has 0 fully saturated rings. The highest BCUT2D eigenvalue weighted by atomic mass is 35.5. The zero-order valence-corrected chi connectivity index (χ0v) is 11.1. The van der Waals surface area contributed by atoms with Crippen molar-refractivity contribution in [2.45, 2.75) is 19.3 Å². The van der Waals surface area contributed by atoms with Gasteiger partial charge in [-0.2, -0.15) is 0 Å². The zero-order chi connectivity index (χ0) is 13.4. The Labute approximate surface area is 115 Å². The Bertz CT molecular complexity index is 715. The molecule has 0 N–H and O–H groups in total. The van der Waals surface area contributed by atoms with Crippen molar-refractivity contribution < 1.29 is 9.15 Å². The van der Waals surface area contributed by atoms with Crippen LogP contribution in [0.1, 0.15) is 17.5 Å². The molecule has 0 spiro atoms. The highest BCUT2D eigenvalue weighted by molar-refractivity contribution is 6.29. The van der Waals surface area contributed by atoms with E-state index in [1.54, 1.807) is 6.07 Å². The first-order chi connectivity index (χ1) is 9.15. The Hall–Kier alpha value is -1.74. The van der Waals surface area contributed by atoms with Gasteiger partial charge in [0.1, 0.15) is 17.9 Å². The molecular formula is C15H13ClO3. The first kappa shape index (κ1) is 12.3. The Balaban J connectivity index is 2.07. The second kappa shape index (κ2) is 4.74. The summed E-state index contributed by atoms with van der Waals surface area (Å²) in [6.07, 6.45) is 2.78. The van der Waals surface area contributed by atoms with E-state index >= 15 is 0 Å². The maximum atomic E-state index is 11.9. The van der Waals surface area contributed by atoms with E-state index < -0.39 is 0 Å². The summed E-state index contributed by atoms with van der Waals surface area (Å²) >= 11 is 5.65. The van der Waals surface area contributed by atoms with Crippen LogP contribution in [0.3, 0.4) is 0 Å². The van der Waals surface area contributed by atoms with E-state index in [9.17, 15) is 4.79 Å². The molecule has 3 rings (SSSR count). The number of benzene rings is 1. The van der Waals surface area contributed by atoms with Gasteiger partial charge in [-0.05, 0) is 37.0 Å². The number of hydrogen-bond donors (Lipinski definition) is 0. The fraction of sp³-hybridized carbons (Fsp3) is 0.267. The first-order valence-corrected chi connectivity index (χ1v) is 6.57. The van der Waals surface area contributed by atoms with E-state index in [4.69, 9.17) is 20.8 Å². The van der Waals surface area contributed by atoms with E-state index in [1.807, 2.05) is 12.1 Å². The number of fused-ring (bicyclic) bond motifs is 3. The lowest BCUT2D eigenvalue weighted by Crippen LogP contribution is -2.07. The minimum absolute atomic E-state index is 0.223. The molecular weight excluding hydrogens is 264 g/mol. The molecule has 0 saturated carbocycles. The fourth-order valence-electron chi connectivity index (χ4n) is 2.52. The predicted molar refractivity (Wildman–Crippen MR) is 75.0 cm³/mol. The summed E-state index contributed by atoms with van der Waals surface area (Å²) in [6.45, 7) is 3.80. The Morgan fingerprint density at radius 1 is 1.37 bits per heavy atom. The third-order valence-electron chi connectivity index (χ3n) is 3.34. The summed E-state index contributed by atoms with van der Waals surface area (Å²) in [5, 5.41) is 1.43. The average molecular weight is 277 g/mol. The third-order valence-corrected chi connectivity index (χ3v) is 3.45. The number of hydrogen-bond acceptors (Lipinski definition) is 3. The van der Waals surface area contributed by atoms with Crippen molar-refractivity contribution >= 4 is 22.6 Å². The standard InChI is InChI=1S/C15H13ClO3/c1-9(16)8-18-10-5-6-12-11-3-2-4-13(11)15(17)19-14(12)7-10/h5-7H,1-4,8H2. The minimum atomic E-state index is -0.223. The van der Waals surface area contributed by atoms with Gasteiger partial charge in [0.2, 0.25) is 0 Å². The van der Waals surface area contributed by atoms with Gasteiger partial charge in [-0.25, -0.2) is 4.79 Å². The third kappa shape index (κ3) is 2.26. The summed E-state index contributed by atoms with van der Waals surface area (Å²) in [5.41, 5.74) is 2.30. The van der Waals surface area contributed by atoms with Crippen LogP contribution < -0.4 is 10.4 Å². The topological polar surface area (TPSA) is 39.4 Å². The highest BCUT2D eigenvalue weighted by Gasteiger charge is 2.19. The average Bonchev–Trinajstić information content (AvgIpc) is 2.86. The van der Waals surface area contributed by atoms with E-state index in [1.165, 1.54) is 0 Å². The van der Waals surface area contributed by atoms with Crippen LogP contribution in [0.4, 0.5) is 0 Å². The Morgan fingerprint density at radius 2 is 2.16 bits per heavy atom. The van der Waals surface area contributed by atoms with Crippen molar-refractivity contribution in [2.24, 2.45) is 0 Å². The molecule has 19 heavy (non-hydrogen) atoms. The number of halogens is 1. The molecule has 1 aliphatic carbocycles. The molecule has 0 saturated heterocycles. The molecule has 4 heteroatoms. The molecule has 1 aliphatic rings. The zero-order valence-electron chi connectivity index (χ0n) is 10.4. The smallest absolute Gasteiger partial charge is 0.339 e. The summed E-state index contributed by atoms with van der Waals surface area (Å²) in [4.78, 5) is 11.9. The van der Waals surface area contributed by atoms with E-state index in [0.717, 1.165) is 35.8 Å². The molecule has 98 valence electrons. The van der Waals surface area contributed by atoms with Crippen molar-refractivity contribution in [1.29, 1.82) is 0 Å². The van der Waals surface area contributed by atoms with Crippen LogP contribution in [0.15, 0.2) is 39.0 Å². The largest absolute Gasteiger partial charge is 0.488 e. The van der Waals surface area contributed by atoms with Crippen molar-refractivity contribution in [3.05, 3.63) is 51.4 Å². The van der Waals surface area contributed by atoms with Crippen LogP contribution in [0.25, 0.3) is 11.0 Å². The molecule has 0 amide bonds. The van der Waals surface area contributed by atoms with E-state index in [2.05, 4.69) is 6.58 Å². The molecule has 0 aliphatic heterocycles.